The highest BCUT2D eigenvalue weighted by Crippen LogP contribution is 2.32. The molecule has 4 heterocycles. The Morgan fingerprint density at radius 1 is 1.18 bits per heavy atom. The molecule has 2 aliphatic heterocycles. The van der Waals surface area contributed by atoms with E-state index in [1.165, 1.54) is 0 Å². The largest absolute Gasteiger partial charge is 0.507 e. The second-order valence-electron chi connectivity index (χ2n) is 7.28. The molecule has 2 aliphatic rings. The maximum Gasteiger partial charge on any atom is 0.245 e. The standard InChI is InChI=1S/C20H19FN6O/c1-27(17-8-13-2-3-15(24-13)19(17)21)20-23-10-16(25-26-20)14-6-11-4-5-22-9-12(11)7-18(14)28/h2-7,9-10,13,15,17,19,24,28H,8H2,1H3/t13-,15+,17-,19-/m0/s1. The highest BCUT2D eigenvalue weighted by Gasteiger charge is 2.41. The van der Waals surface area contributed by atoms with E-state index in [1.807, 2.05) is 24.3 Å². The second-order valence-corrected chi connectivity index (χ2v) is 7.28. The smallest absolute Gasteiger partial charge is 0.245 e. The predicted molar refractivity (Wildman–Crippen MR) is 104 cm³/mol. The number of fused-ring (bicyclic) bond motifs is 3. The SMILES string of the molecule is CN(c1ncc(-c2cc3ccncc3cc2O)nn1)[C@H]1C[C@@H]2C=C[C@@H](N2)[C@@H]1F. The molecular formula is C20H19FN6O. The summed E-state index contributed by atoms with van der Waals surface area (Å²) in [7, 11) is 1.79. The van der Waals surface area contributed by atoms with Crippen molar-refractivity contribution in [2.75, 3.05) is 11.9 Å². The highest BCUT2D eigenvalue weighted by atomic mass is 19.1. The summed E-state index contributed by atoms with van der Waals surface area (Å²) in [6.07, 6.45) is 8.46. The minimum Gasteiger partial charge on any atom is -0.507 e. The van der Waals surface area contributed by atoms with Gasteiger partial charge in [-0.3, -0.25) is 4.98 Å². The van der Waals surface area contributed by atoms with Gasteiger partial charge in [0.1, 0.15) is 17.6 Å². The van der Waals surface area contributed by atoms with Crippen LogP contribution >= 0.6 is 0 Å². The Balaban J connectivity index is 1.42. The average Bonchev–Trinajstić information content (AvgIpc) is 3.13. The number of hydrogen-bond donors (Lipinski definition) is 2. The number of rotatable bonds is 3. The molecule has 1 saturated heterocycles. The van der Waals surface area contributed by atoms with Crippen molar-refractivity contribution in [3.05, 3.63) is 48.9 Å². The molecule has 1 aromatic carbocycles. The van der Waals surface area contributed by atoms with E-state index in [0.717, 1.165) is 10.8 Å². The average molecular weight is 378 g/mol. The maximum absolute atomic E-state index is 14.8. The van der Waals surface area contributed by atoms with Crippen LogP contribution in [0.4, 0.5) is 10.3 Å². The van der Waals surface area contributed by atoms with E-state index >= 15 is 0 Å². The number of benzene rings is 1. The van der Waals surface area contributed by atoms with E-state index in [1.54, 1.807) is 36.6 Å². The first-order chi connectivity index (χ1) is 13.6. The van der Waals surface area contributed by atoms with Crippen LogP contribution in [0.5, 0.6) is 5.75 Å². The fourth-order valence-corrected chi connectivity index (χ4v) is 3.99. The number of hydrogen-bond acceptors (Lipinski definition) is 7. The lowest BCUT2D eigenvalue weighted by Crippen LogP contribution is -2.56. The number of phenols is 1. The van der Waals surface area contributed by atoms with E-state index in [2.05, 4.69) is 25.5 Å². The molecule has 2 N–H and O–H groups in total. The summed E-state index contributed by atoms with van der Waals surface area (Å²) in [6, 6.07) is 4.94. The van der Waals surface area contributed by atoms with Crippen molar-refractivity contribution in [2.24, 2.45) is 0 Å². The normalized spacial score (nSPS) is 25.9. The van der Waals surface area contributed by atoms with Crippen LogP contribution in [-0.4, -0.2) is 56.6 Å². The summed E-state index contributed by atoms with van der Waals surface area (Å²) in [5.74, 6) is 0.449. The van der Waals surface area contributed by atoms with Crippen molar-refractivity contribution in [3.63, 3.8) is 0 Å². The van der Waals surface area contributed by atoms with Gasteiger partial charge in [-0.2, -0.15) is 0 Å². The van der Waals surface area contributed by atoms with Gasteiger partial charge in [0, 0.05) is 36.4 Å². The third-order valence-corrected chi connectivity index (χ3v) is 5.56. The van der Waals surface area contributed by atoms with Crippen LogP contribution in [0.25, 0.3) is 22.0 Å². The number of pyridine rings is 1. The predicted octanol–water partition coefficient (Wildman–Crippen LogP) is 2.24. The summed E-state index contributed by atoms with van der Waals surface area (Å²) in [4.78, 5) is 10.2. The molecule has 0 radical (unpaired) electrons. The van der Waals surface area contributed by atoms with Crippen LogP contribution in [0, 0.1) is 0 Å². The number of halogens is 1. The lowest BCUT2D eigenvalue weighted by molar-refractivity contribution is 0.186. The fraction of sp³-hybridized carbons (Fsp3) is 0.300. The minimum atomic E-state index is -1.04. The van der Waals surface area contributed by atoms with Crippen LogP contribution in [0.1, 0.15) is 6.42 Å². The summed E-state index contributed by atoms with van der Waals surface area (Å²) >= 11 is 0. The van der Waals surface area contributed by atoms with Gasteiger partial charge in [0.15, 0.2) is 0 Å². The molecule has 1 fully saturated rings. The van der Waals surface area contributed by atoms with Crippen molar-refractivity contribution >= 4 is 16.7 Å². The molecule has 4 atom stereocenters. The van der Waals surface area contributed by atoms with E-state index in [0.29, 0.717) is 23.6 Å². The molecule has 3 aromatic rings. The zero-order valence-corrected chi connectivity index (χ0v) is 15.2. The van der Waals surface area contributed by atoms with Crippen LogP contribution in [0.15, 0.2) is 48.9 Å². The molecule has 2 aromatic heterocycles. The first-order valence-corrected chi connectivity index (χ1v) is 9.18. The molecule has 0 saturated carbocycles. The van der Waals surface area contributed by atoms with E-state index in [4.69, 9.17) is 0 Å². The molecule has 0 unspecified atom stereocenters. The van der Waals surface area contributed by atoms with Crippen molar-refractivity contribution in [1.29, 1.82) is 0 Å². The molecule has 0 spiro atoms. The van der Waals surface area contributed by atoms with Crippen molar-refractivity contribution in [3.8, 4) is 17.0 Å². The van der Waals surface area contributed by atoms with Gasteiger partial charge in [0.25, 0.3) is 0 Å². The number of anilines is 1. The van der Waals surface area contributed by atoms with Gasteiger partial charge in [0.05, 0.1) is 18.3 Å². The molecule has 28 heavy (non-hydrogen) atoms. The fourth-order valence-electron chi connectivity index (χ4n) is 3.99. The van der Waals surface area contributed by atoms with Crippen LogP contribution in [-0.2, 0) is 0 Å². The lowest BCUT2D eigenvalue weighted by Gasteiger charge is -2.38. The second kappa shape index (κ2) is 6.49. The Morgan fingerprint density at radius 2 is 2.07 bits per heavy atom. The van der Waals surface area contributed by atoms with Gasteiger partial charge in [-0.25, -0.2) is 9.37 Å². The van der Waals surface area contributed by atoms with E-state index in [-0.39, 0.29) is 23.9 Å². The molecular weight excluding hydrogens is 359 g/mol. The molecule has 5 rings (SSSR count). The Kier molecular flexibility index (Phi) is 3.94. The summed E-state index contributed by atoms with van der Waals surface area (Å²) < 4.78 is 14.8. The van der Waals surface area contributed by atoms with Gasteiger partial charge in [-0.1, -0.05) is 12.2 Å². The Morgan fingerprint density at radius 3 is 2.89 bits per heavy atom. The summed E-state index contributed by atoms with van der Waals surface area (Å²) in [5.41, 5.74) is 0.998. The zero-order chi connectivity index (χ0) is 19.3. The van der Waals surface area contributed by atoms with Gasteiger partial charge in [0.2, 0.25) is 5.95 Å². The first-order valence-electron chi connectivity index (χ1n) is 9.18. The Hall–Kier alpha value is -3.13. The molecule has 7 nitrogen and oxygen atoms in total. The lowest BCUT2D eigenvalue weighted by atomic mass is 9.96. The topological polar surface area (TPSA) is 87.1 Å². The molecule has 142 valence electrons. The van der Waals surface area contributed by atoms with Crippen LogP contribution in [0.3, 0.4) is 0 Å². The quantitative estimate of drug-likeness (QED) is 0.676. The van der Waals surface area contributed by atoms with Gasteiger partial charge in [-0.05, 0) is 30.0 Å². The summed E-state index contributed by atoms with van der Waals surface area (Å²) in [6.45, 7) is 0. The van der Waals surface area contributed by atoms with E-state index < -0.39 is 6.17 Å². The Bertz CT molecular complexity index is 1060. The molecule has 8 heteroatoms. The zero-order valence-electron chi connectivity index (χ0n) is 15.2. The third kappa shape index (κ3) is 2.77. The van der Waals surface area contributed by atoms with Gasteiger partial charge >= 0.3 is 0 Å². The van der Waals surface area contributed by atoms with Crippen LogP contribution < -0.4 is 10.2 Å². The van der Waals surface area contributed by atoms with E-state index in [9.17, 15) is 9.50 Å². The third-order valence-electron chi connectivity index (χ3n) is 5.56. The summed E-state index contributed by atoms with van der Waals surface area (Å²) in [5, 5.41) is 23.8. The highest BCUT2D eigenvalue weighted by molar-refractivity contribution is 5.89. The molecule has 0 aliphatic carbocycles. The Labute approximate surface area is 161 Å². The van der Waals surface area contributed by atoms with Crippen molar-refractivity contribution in [2.45, 2.75) is 30.7 Å². The van der Waals surface area contributed by atoms with Gasteiger partial charge in [-0.15, -0.1) is 10.2 Å². The number of nitrogens with zero attached hydrogens (tertiary/aromatic N) is 5. The first kappa shape index (κ1) is 17.0. The number of nitrogens with one attached hydrogen (secondary N) is 1. The minimum absolute atomic E-state index is 0.0857. The molecule has 2 bridgehead atoms. The number of alkyl halides is 1. The number of aromatic hydroxyl groups is 1. The number of piperidine rings is 1. The van der Waals surface area contributed by atoms with Crippen molar-refractivity contribution in [1.82, 2.24) is 25.5 Å². The number of aromatic nitrogens is 4. The van der Waals surface area contributed by atoms with Gasteiger partial charge < -0.3 is 15.3 Å². The number of phenolic OH excluding ortho intramolecular Hbond substituents is 1. The maximum atomic E-state index is 14.8. The monoisotopic (exact) mass is 378 g/mol. The van der Waals surface area contributed by atoms with Crippen molar-refractivity contribution < 1.29 is 9.50 Å². The molecule has 0 amide bonds. The van der Waals surface area contributed by atoms with Crippen LogP contribution in [0.2, 0.25) is 0 Å².